The second-order valence-electron chi connectivity index (χ2n) is 5.96. The van der Waals surface area contributed by atoms with Crippen molar-refractivity contribution >= 4 is 17.7 Å². The maximum atomic E-state index is 12.7. The zero-order valence-electron chi connectivity index (χ0n) is 15.3. The molecule has 6 nitrogen and oxygen atoms in total. The summed E-state index contributed by atoms with van der Waals surface area (Å²) < 4.78 is 16.2. The highest BCUT2D eigenvalue weighted by Gasteiger charge is 2.44. The maximum Gasteiger partial charge on any atom is 0.336 e. The molecule has 138 valence electrons. The molecule has 0 aromatic carbocycles. The third kappa shape index (κ3) is 4.02. The normalized spacial score (nSPS) is 19.6. The Morgan fingerprint density at radius 2 is 1.81 bits per heavy atom. The van der Waals surface area contributed by atoms with E-state index in [4.69, 9.17) is 13.9 Å². The van der Waals surface area contributed by atoms with E-state index in [0.717, 1.165) is 0 Å². The van der Waals surface area contributed by atoms with E-state index in [9.17, 15) is 9.59 Å². The Labute approximate surface area is 152 Å². The van der Waals surface area contributed by atoms with Gasteiger partial charge in [-0.25, -0.2) is 4.79 Å². The summed E-state index contributed by atoms with van der Waals surface area (Å²) in [6.45, 7) is 12.5. The van der Waals surface area contributed by atoms with Crippen LogP contribution < -0.4 is 0 Å². The number of carbonyl (C=O) groups is 2. The standard InChI is InChI=1S/C20H23NO5/c1-6-10-24-19(22)16-13(4)21-14(5)17(20(23)25-11-7-2)18(16)15-9-8-12(3)26-15/h6-9,16,18H,1-2,10-11H2,3-5H3/t16?,18-/m0/s1. The van der Waals surface area contributed by atoms with Gasteiger partial charge in [-0.15, -0.1) is 0 Å². The molecule has 2 rings (SSSR count). The monoisotopic (exact) mass is 357 g/mol. The van der Waals surface area contributed by atoms with Crippen LogP contribution >= 0.6 is 0 Å². The van der Waals surface area contributed by atoms with Crippen LogP contribution in [0.4, 0.5) is 0 Å². The van der Waals surface area contributed by atoms with Crippen LogP contribution in [0.25, 0.3) is 0 Å². The molecule has 2 atom stereocenters. The summed E-state index contributed by atoms with van der Waals surface area (Å²) in [6, 6.07) is 3.53. The summed E-state index contributed by atoms with van der Waals surface area (Å²) in [5.41, 5.74) is 1.33. The van der Waals surface area contributed by atoms with Gasteiger partial charge in [-0.2, -0.15) is 0 Å². The van der Waals surface area contributed by atoms with E-state index in [-0.39, 0.29) is 18.8 Å². The molecule has 0 radical (unpaired) electrons. The fourth-order valence-corrected chi connectivity index (χ4v) is 2.98. The summed E-state index contributed by atoms with van der Waals surface area (Å²) in [4.78, 5) is 29.7. The quantitative estimate of drug-likeness (QED) is 0.551. The second kappa shape index (κ2) is 8.47. The number of esters is 2. The van der Waals surface area contributed by atoms with E-state index in [1.165, 1.54) is 12.2 Å². The Kier molecular flexibility index (Phi) is 6.33. The molecule has 0 bridgehead atoms. The van der Waals surface area contributed by atoms with E-state index in [0.29, 0.717) is 22.9 Å². The van der Waals surface area contributed by atoms with Crippen LogP contribution in [0.1, 0.15) is 31.3 Å². The van der Waals surface area contributed by atoms with Gasteiger partial charge in [0.05, 0.1) is 11.5 Å². The number of aryl methyl sites for hydroxylation is 1. The Morgan fingerprint density at radius 3 is 2.38 bits per heavy atom. The summed E-state index contributed by atoms with van der Waals surface area (Å²) in [6.07, 6.45) is 2.96. The average molecular weight is 357 g/mol. The molecule has 1 aromatic heterocycles. The number of nitrogens with zero attached hydrogens (tertiary/aromatic N) is 1. The van der Waals surface area contributed by atoms with Gasteiger partial charge in [0.15, 0.2) is 0 Å². The lowest BCUT2D eigenvalue weighted by molar-refractivity contribution is -0.145. The van der Waals surface area contributed by atoms with Crippen molar-refractivity contribution in [3.8, 4) is 0 Å². The van der Waals surface area contributed by atoms with Crippen LogP contribution in [0.15, 0.2) is 58.1 Å². The Hall–Kier alpha value is -2.89. The van der Waals surface area contributed by atoms with Gasteiger partial charge >= 0.3 is 11.9 Å². The molecular formula is C20H23NO5. The van der Waals surface area contributed by atoms with Gasteiger partial charge in [0.2, 0.25) is 0 Å². The van der Waals surface area contributed by atoms with Crippen molar-refractivity contribution in [1.29, 1.82) is 0 Å². The molecule has 0 amide bonds. The lowest BCUT2D eigenvalue weighted by atomic mass is 9.78. The van der Waals surface area contributed by atoms with Gasteiger partial charge < -0.3 is 13.9 Å². The topological polar surface area (TPSA) is 78.1 Å². The number of hydrogen-bond donors (Lipinski definition) is 0. The summed E-state index contributed by atoms with van der Waals surface area (Å²) in [5, 5.41) is 0. The van der Waals surface area contributed by atoms with Crippen molar-refractivity contribution in [3.63, 3.8) is 0 Å². The van der Waals surface area contributed by atoms with Crippen LogP contribution in [0.2, 0.25) is 0 Å². The Balaban J connectivity index is 2.52. The van der Waals surface area contributed by atoms with Gasteiger partial charge in [0, 0.05) is 11.4 Å². The predicted octanol–water partition coefficient (Wildman–Crippen LogP) is 3.49. The van der Waals surface area contributed by atoms with Crippen molar-refractivity contribution in [2.45, 2.75) is 26.7 Å². The van der Waals surface area contributed by atoms with E-state index in [2.05, 4.69) is 18.2 Å². The highest BCUT2D eigenvalue weighted by molar-refractivity contribution is 6.06. The molecule has 2 heterocycles. The fourth-order valence-electron chi connectivity index (χ4n) is 2.98. The lowest BCUT2D eigenvalue weighted by Gasteiger charge is -2.29. The van der Waals surface area contributed by atoms with Crippen LogP contribution in [-0.4, -0.2) is 30.9 Å². The van der Waals surface area contributed by atoms with Crippen molar-refractivity contribution in [3.05, 3.63) is 60.2 Å². The molecule has 1 unspecified atom stereocenters. The SMILES string of the molecule is C=CCOC(=O)C1=C(C)N=C(C)C(C(=O)OCC=C)[C@@H]1c1ccc(C)o1. The van der Waals surface area contributed by atoms with Crippen LogP contribution in [0.3, 0.4) is 0 Å². The number of furan rings is 1. The third-order valence-electron chi connectivity index (χ3n) is 4.05. The Bertz CT molecular complexity index is 784. The zero-order valence-corrected chi connectivity index (χ0v) is 15.3. The molecule has 26 heavy (non-hydrogen) atoms. The summed E-state index contributed by atoms with van der Waals surface area (Å²) in [5.74, 6) is -1.34. The van der Waals surface area contributed by atoms with Gasteiger partial charge in [0.25, 0.3) is 0 Å². The number of hydrogen-bond acceptors (Lipinski definition) is 6. The van der Waals surface area contributed by atoms with E-state index >= 15 is 0 Å². The predicted molar refractivity (Wildman–Crippen MR) is 97.8 cm³/mol. The molecule has 0 spiro atoms. The average Bonchev–Trinajstić information content (AvgIpc) is 3.03. The molecule has 0 saturated heterocycles. The number of aliphatic imine (C=N–C) groups is 1. The fraction of sp³-hybridized carbons (Fsp3) is 0.350. The second-order valence-corrected chi connectivity index (χ2v) is 5.96. The number of carbonyl (C=O) groups excluding carboxylic acids is 2. The highest BCUT2D eigenvalue weighted by Crippen LogP contribution is 2.40. The van der Waals surface area contributed by atoms with E-state index in [1.54, 1.807) is 32.9 Å². The van der Waals surface area contributed by atoms with E-state index in [1.807, 2.05) is 0 Å². The highest BCUT2D eigenvalue weighted by atomic mass is 16.5. The molecule has 0 N–H and O–H groups in total. The minimum absolute atomic E-state index is 0.0633. The molecule has 1 aliphatic heterocycles. The molecule has 6 heteroatoms. The minimum atomic E-state index is -0.782. The van der Waals surface area contributed by atoms with E-state index < -0.39 is 23.8 Å². The zero-order chi connectivity index (χ0) is 19.3. The number of ether oxygens (including phenoxy) is 2. The molecule has 0 fully saturated rings. The number of rotatable bonds is 7. The smallest absolute Gasteiger partial charge is 0.336 e. The third-order valence-corrected chi connectivity index (χ3v) is 4.05. The molecule has 0 aliphatic carbocycles. The van der Waals surface area contributed by atoms with Crippen molar-refractivity contribution < 1.29 is 23.5 Å². The van der Waals surface area contributed by atoms with Crippen molar-refractivity contribution in [1.82, 2.24) is 0 Å². The van der Waals surface area contributed by atoms with Gasteiger partial charge in [0.1, 0.15) is 30.7 Å². The van der Waals surface area contributed by atoms with Gasteiger partial charge in [-0.3, -0.25) is 9.79 Å². The van der Waals surface area contributed by atoms with Crippen molar-refractivity contribution in [2.24, 2.45) is 10.9 Å². The minimum Gasteiger partial charge on any atom is -0.466 e. The summed E-state index contributed by atoms with van der Waals surface area (Å²) >= 11 is 0. The Morgan fingerprint density at radius 1 is 1.15 bits per heavy atom. The first-order chi connectivity index (χ1) is 12.4. The molecular weight excluding hydrogens is 334 g/mol. The number of allylic oxidation sites excluding steroid dienone is 1. The van der Waals surface area contributed by atoms with Crippen LogP contribution in [0.5, 0.6) is 0 Å². The largest absolute Gasteiger partial charge is 0.466 e. The van der Waals surface area contributed by atoms with Crippen LogP contribution in [0, 0.1) is 12.8 Å². The maximum absolute atomic E-state index is 12.7. The first kappa shape index (κ1) is 19.4. The van der Waals surface area contributed by atoms with Gasteiger partial charge in [-0.05, 0) is 32.9 Å². The van der Waals surface area contributed by atoms with Crippen molar-refractivity contribution in [2.75, 3.05) is 13.2 Å². The van der Waals surface area contributed by atoms with Gasteiger partial charge in [-0.1, -0.05) is 25.3 Å². The molecule has 1 aromatic rings. The lowest BCUT2D eigenvalue weighted by Crippen LogP contribution is -2.36. The summed E-state index contributed by atoms with van der Waals surface area (Å²) in [7, 11) is 0. The molecule has 0 saturated carbocycles. The van der Waals surface area contributed by atoms with Crippen LogP contribution in [-0.2, 0) is 19.1 Å². The molecule has 1 aliphatic rings. The first-order valence-corrected chi connectivity index (χ1v) is 8.28. The first-order valence-electron chi connectivity index (χ1n) is 8.28.